The molecule has 17 heavy (non-hydrogen) atoms. The Morgan fingerprint density at radius 2 is 2.12 bits per heavy atom. The molecule has 0 amide bonds. The van der Waals surface area contributed by atoms with E-state index in [-0.39, 0.29) is 0 Å². The molecule has 3 heteroatoms. The smallest absolute Gasteiger partial charge is 0.0716 e. The summed E-state index contributed by atoms with van der Waals surface area (Å²) in [6.45, 7) is 6.33. The molecule has 0 aliphatic heterocycles. The number of nitrogens with one attached hydrogen (secondary N) is 1. The molecule has 1 aromatic rings. The summed E-state index contributed by atoms with van der Waals surface area (Å²) in [5, 5.41) is 3.45. The lowest BCUT2D eigenvalue weighted by molar-refractivity contribution is 0.184. The standard InChI is InChI=1S/C14H21NOS/c1-3-9-17-10-8-15-11-13-6-4-5-7-14(13)12-16-2/h3-7,15H,1,8-12H2,2H3. The molecule has 0 bridgehead atoms. The van der Waals surface area contributed by atoms with Gasteiger partial charge in [-0.25, -0.2) is 0 Å². The molecule has 0 saturated heterocycles. The van der Waals surface area contributed by atoms with Crippen molar-refractivity contribution in [2.24, 2.45) is 0 Å². The van der Waals surface area contributed by atoms with Gasteiger partial charge < -0.3 is 10.1 Å². The highest BCUT2D eigenvalue weighted by molar-refractivity contribution is 7.99. The van der Waals surface area contributed by atoms with E-state index in [1.165, 1.54) is 11.1 Å². The Kier molecular flexibility index (Phi) is 7.80. The summed E-state index contributed by atoms with van der Waals surface area (Å²) in [6, 6.07) is 8.39. The Hall–Kier alpha value is -0.770. The first-order valence-corrected chi connectivity index (χ1v) is 6.99. The van der Waals surface area contributed by atoms with Gasteiger partial charge in [0.25, 0.3) is 0 Å². The molecule has 2 nitrogen and oxygen atoms in total. The van der Waals surface area contributed by atoms with Crippen LogP contribution in [0.2, 0.25) is 0 Å². The van der Waals surface area contributed by atoms with Crippen LogP contribution in [0.1, 0.15) is 11.1 Å². The van der Waals surface area contributed by atoms with Crippen molar-refractivity contribution in [3.63, 3.8) is 0 Å². The fourth-order valence-corrected chi connectivity index (χ4v) is 2.18. The van der Waals surface area contributed by atoms with Crippen molar-refractivity contribution in [3.05, 3.63) is 48.0 Å². The molecule has 0 aliphatic carbocycles. The Morgan fingerprint density at radius 1 is 1.35 bits per heavy atom. The minimum absolute atomic E-state index is 0.684. The molecule has 0 unspecified atom stereocenters. The number of hydrogen-bond donors (Lipinski definition) is 1. The highest BCUT2D eigenvalue weighted by Gasteiger charge is 2.00. The van der Waals surface area contributed by atoms with Gasteiger partial charge in [0, 0.05) is 31.7 Å². The average Bonchev–Trinajstić information content (AvgIpc) is 2.36. The summed E-state index contributed by atoms with van der Waals surface area (Å²) in [6.07, 6.45) is 1.94. The molecule has 0 aromatic heterocycles. The van der Waals surface area contributed by atoms with Crippen LogP contribution in [0.5, 0.6) is 0 Å². The van der Waals surface area contributed by atoms with Crippen molar-refractivity contribution in [1.82, 2.24) is 5.32 Å². The van der Waals surface area contributed by atoms with Gasteiger partial charge in [-0.05, 0) is 11.1 Å². The molecule has 1 rings (SSSR count). The first kappa shape index (κ1) is 14.3. The van der Waals surface area contributed by atoms with Crippen LogP contribution in [-0.4, -0.2) is 25.2 Å². The van der Waals surface area contributed by atoms with E-state index in [9.17, 15) is 0 Å². The van der Waals surface area contributed by atoms with Gasteiger partial charge >= 0.3 is 0 Å². The van der Waals surface area contributed by atoms with Crippen LogP contribution in [0.4, 0.5) is 0 Å². The van der Waals surface area contributed by atoms with Crippen molar-refractivity contribution < 1.29 is 4.74 Å². The highest BCUT2D eigenvalue weighted by Crippen LogP contribution is 2.09. The maximum Gasteiger partial charge on any atom is 0.0716 e. The quantitative estimate of drug-likeness (QED) is 0.538. The van der Waals surface area contributed by atoms with E-state index in [1.54, 1.807) is 7.11 Å². The second-order valence-corrected chi connectivity index (χ2v) is 4.89. The maximum atomic E-state index is 5.18. The zero-order valence-electron chi connectivity index (χ0n) is 10.4. The van der Waals surface area contributed by atoms with E-state index in [0.717, 1.165) is 24.6 Å². The molecule has 0 atom stereocenters. The second-order valence-electron chi connectivity index (χ2n) is 3.74. The van der Waals surface area contributed by atoms with Gasteiger partial charge in [-0.15, -0.1) is 6.58 Å². The van der Waals surface area contributed by atoms with Gasteiger partial charge in [0.15, 0.2) is 0 Å². The lowest BCUT2D eigenvalue weighted by Gasteiger charge is -2.09. The van der Waals surface area contributed by atoms with Gasteiger partial charge in [-0.1, -0.05) is 30.3 Å². The predicted molar refractivity (Wildman–Crippen MR) is 76.4 cm³/mol. The predicted octanol–water partition coefficient (Wildman–Crippen LogP) is 2.84. The average molecular weight is 251 g/mol. The van der Waals surface area contributed by atoms with Gasteiger partial charge in [0.2, 0.25) is 0 Å². The topological polar surface area (TPSA) is 21.3 Å². The van der Waals surface area contributed by atoms with Gasteiger partial charge in [0.05, 0.1) is 6.61 Å². The van der Waals surface area contributed by atoms with Crippen LogP contribution in [0.3, 0.4) is 0 Å². The van der Waals surface area contributed by atoms with Crippen molar-refractivity contribution in [2.75, 3.05) is 25.2 Å². The molecule has 1 N–H and O–H groups in total. The summed E-state index contributed by atoms with van der Waals surface area (Å²) in [5.74, 6) is 2.15. The van der Waals surface area contributed by atoms with Crippen LogP contribution in [0, 0.1) is 0 Å². The minimum Gasteiger partial charge on any atom is -0.380 e. The van der Waals surface area contributed by atoms with Crippen LogP contribution < -0.4 is 5.32 Å². The first-order valence-electron chi connectivity index (χ1n) is 5.83. The number of rotatable bonds is 9. The van der Waals surface area contributed by atoms with E-state index in [2.05, 4.69) is 36.2 Å². The second kappa shape index (κ2) is 9.28. The lowest BCUT2D eigenvalue weighted by atomic mass is 10.1. The summed E-state index contributed by atoms with van der Waals surface area (Å²) in [4.78, 5) is 0. The van der Waals surface area contributed by atoms with Gasteiger partial charge in [0.1, 0.15) is 0 Å². The zero-order valence-corrected chi connectivity index (χ0v) is 11.3. The van der Waals surface area contributed by atoms with Crippen LogP contribution in [-0.2, 0) is 17.9 Å². The third kappa shape index (κ3) is 5.91. The molecule has 94 valence electrons. The largest absolute Gasteiger partial charge is 0.380 e. The summed E-state index contributed by atoms with van der Waals surface area (Å²) in [5.41, 5.74) is 2.59. The van der Waals surface area contributed by atoms with Crippen LogP contribution in [0.25, 0.3) is 0 Å². The summed E-state index contributed by atoms with van der Waals surface area (Å²) < 4.78 is 5.18. The van der Waals surface area contributed by atoms with E-state index in [1.807, 2.05) is 17.8 Å². The van der Waals surface area contributed by atoms with Crippen molar-refractivity contribution in [2.45, 2.75) is 13.2 Å². The third-order valence-electron chi connectivity index (χ3n) is 2.39. The van der Waals surface area contributed by atoms with Crippen molar-refractivity contribution >= 4 is 11.8 Å². The third-order valence-corrected chi connectivity index (χ3v) is 3.36. The molecule has 0 fully saturated rings. The molecule has 0 saturated carbocycles. The van der Waals surface area contributed by atoms with E-state index in [4.69, 9.17) is 4.74 Å². The molecule has 0 heterocycles. The zero-order chi connectivity index (χ0) is 12.3. The summed E-state index contributed by atoms with van der Waals surface area (Å²) >= 11 is 1.90. The Balaban J connectivity index is 2.28. The SMILES string of the molecule is C=CCSCCNCc1ccccc1COC. The number of benzene rings is 1. The molecule has 1 aromatic carbocycles. The number of ether oxygens (including phenoxy) is 1. The van der Waals surface area contributed by atoms with Gasteiger partial charge in [-0.2, -0.15) is 11.8 Å². The summed E-state index contributed by atoms with van der Waals surface area (Å²) in [7, 11) is 1.73. The fourth-order valence-electron chi connectivity index (χ4n) is 1.56. The van der Waals surface area contributed by atoms with Crippen LogP contribution >= 0.6 is 11.8 Å². The van der Waals surface area contributed by atoms with E-state index >= 15 is 0 Å². The van der Waals surface area contributed by atoms with Crippen molar-refractivity contribution in [3.8, 4) is 0 Å². The molecular weight excluding hydrogens is 230 g/mol. The molecule has 0 aliphatic rings. The number of thioether (sulfide) groups is 1. The molecule has 0 radical (unpaired) electrons. The minimum atomic E-state index is 0.684. The molecule has 0 spiro atoms. The normalized spacial score (nSPS) is 10.4. The highest BCUT2D eigenvalue weighted by atomic mass is 32.2. The number of hydrogen-bond acceptors (Lipinski definition) is 3. The van der Waals surface area contributed by atoms with Gasteiger partial charge in [-0.3, -0.25) is 0 Å². The van der Waals surface area contributed by atoms with E-state index in [0.29, 0.717) is 6.61 Å². The molecular formula is C14H21NOS. The first-order chi connectivity index (χ1) is 8.38. The maximum absolute atomic E-state index is 5.18. The Bertz CT molecular complexity index is 328. The van der Waals surface area contributed by atoms with Crippen LogP contribution in [0.15, 0.2) is 36.9 Å². The van der Waals surface area contributed by atoms with E-state index < -0.39 is 0 Å². The van der Waals surface area contributed by atoms with Crippen molar-refractivity contribution in [1.29, 1.82) is 0 Å². The number of methoxy groups -OCH3 is 1. The Morgan fingerprint density at radius 3 is 2.82 bits per heavy atom. The Labute approximate surface area is 108 Å². The monoisotopic (exact) mass is 251 g/mol. The fraction of sp³-hybridized carbons (Fsp3) is 0.429. The lowest BCUT2D eigenvalue weighted by Crippen LogP contribution is -2.17.